The fourth-order valence-corrected chi connectivity index (χ4v) is 0.421. The fraction of sp³-hybridized carbons (Fsp3) is 0.600. The predicted octanol–water partition coefficient (Wildman–Crippen LogP) is -0.456. The summed E-state index contributed by atoms with van der Waals surface area (Å²) >= 11 is 0. The van der Waals surface area contributed by atoms with E-state index in [2.05, 4.69) is 0 Å². The highest BCUT2D eigenvalue weighted by Crippen LogP contribution is 1.92. The average Bonchev–Trinajstić information content (AvgIpc) is 1.98. The number of carbonyl (C=O) groups is 2. The molecule has 0 radical (unpaired) electrons. The van der Waals surface area contributed by atoms with Crippen molar-refractivity contribution in [2.24, 2.45) is 11.5 Å². The molecule has 5 N–H and O–H groups in total. The van der Waals surface area contributed by atoms with Crippen molar-refractivity contribution in [1.82, 2.24) is 0 Å². The third-order valence-corrected chi connectivity index (χ3v) is 1.02. The number of rotatable bonds is 4. The lowest BCUT2D eigenvalue weighted by molar-refractivity contribution is -0.138. The van der Waals surface area contributed by atoms with E-state index in [0.29, 0.717) is 0 Å². The predicted molar refractivity (Wildman–Crippen MR) is 43.1 cm³/mol. The Morgan fingerprint density at radius 2 is 1.71 bits per heavy atom. The summed E-state index contributed by atoms with van der Waals surface area (Å²) in [6.07, 6.45) is 0.123. The van der Waals surface area contributed by atoms with Crippen LogP contribution in [0.5, 0.6) is 0 Å². The summed E-state index contributed by atoms with van der Waals surface area (Å²) in [5.74, 6) is -1.64. The van der Waals surface area contributed by atoms with E-state index in [-0.39, 0.29) is 12.8 Å². The number of aliphatic carboxylic acids is 1. The van der Waals surface area contributed by atoms with Crippen molar-refractivity contribution in [3.8, 4) is 0 Å². The zero-order valence-corrected chi connectivity index (χ0v) is 7.12. The van der Waals surface area contributed by atoms with Crippen LogP contribution in [0.3, 0.4) is 0 Å². The van der Waals surface area contributed by atoms with Gasteiger partial charge < -0.3 is 16.6 Å². The van der Waals surface area contributed by atoms with Crippen LogP contribution in [0.15, 0.2) is 0 Å². The lowest BCUT2D eigenvalue weighted by atomic mass is 10.2. The summed E-state index contributed by atoms with van der Waals surface area (Å²) in [5, 5.41) is 8.22. The molecule has 82 valence electrons. The van der Waals surface area contributed by atoms with Crippen molar-refractivity contribution in [2.75, 3.05) is 0 Å². The maximum Gasteiger partial charge on any atom is 0.762 e. The minimum atomic E-state index is -3.67. The summed E-state index contributed by atoms with van der Waals surface area (Å²) in [4.78, 5) is 20.1. The van der Waals surface area contributed by atoms with Gasteiger partial charge in [0.15, 0.2) is 0 Å². The van der Waals surface area contributed by atoms with E-state index < -0.39 is 25.5 Å². The van der Waals surface area contributed by atoms with E-state index in [1.807, 2.05) is 0 Å². The Bertz CT molecular complexity index is 190. The van der Waals surface area contributed by atoms with Gasteiger partial charge in [0.1, 0.15) is 6.04 Å². The van der Waals surface area contributed by atoms with Crippen molar-refractivity contribution in [3.63, 3.8) is 0 Å². The lowest BCUT2D eigenvalue weighted by Crippen LogP contribution is -2.31. The van der Waals surface area contributed by atoms with Gasteiger partial charge in [-0.3, -0.25) is 22.5 Å². The topological polar surface area (TPSA) is 106 Å². The van der Waals surface area contributed by atoms with Crippen LogP contribution >= 0.6 is 0 Å². The largest absolute Gasteiger partial charge is 0.762 e. The zero-order chi connectivity index (χ0) is 11.7. The highest BCUT2D eigenvalue weighted by molar-refractivity contribution is 6.33. The minimum absolute atomic E-state index is 0.0213. The average molecular weight is 214 g/mol. The minimum Gasteiger partial charge on any atom is -0.480 e. The quantitative estimate of drug-likeness (QED) is 0.550. The fourth-order valence-electron chi connectivity index (χ4n) is 0.421. The van der Waals surface area contributed by atoms with Gasteiger partial charge in [0.2, 0.25) is 5.91 Å². The van der Waals surface area contributed by atoms with Crippen LogP contribution in [-0.2, 0) is 9.59 Å². The molecule has 0 aliphatic rings. The normalized spacial score (nSPS) is 10.9. The zero-order valence-electron chi connectivity index (χ0n) is 7.12. The molecule has 0 saturated heterocycles. The number of carbonyl (C=O) groups excluding carboxylic acids is 1. The molecule has 1 unspecified atom stereocenters. The summed E-state index contributed by atoms with van der Waals surface area (Å²) < 4.78 is 29.0. The molecule has 0 aliphatic carbocycles. The van der Waals surface area contributed by atoms with E-state index >= 15 is 0 Å². The van der Waals surface area contributed by atoms with Gasteiger partial charge in [-0.15, -0.1) is 0 Å². The number of carboxylic acid groups (broad SMARTS) is 1. The monoisotopic (exact) mass is 214 g/mol. The van der Waals surface area contributed by atoms with Gasteiger partial charge in [0.05, 0.1) is 0 Å². The van der Waals surface area contributed by atoms with Crippen molar-refractivity contribution in [3.05, 3.63) is 0 Å². The maximum atomic E-state index is 10.1. The van der Waals surface area contributed by atoms with E-state index in [1.165, 1.54) is 0 Å². The number of hydrogen-bond acceptors (Lipinski definition) is 3. The third kappa shape index (κ3) is 17.0. The summed E-state index contributed by atoms with van der Waals surface area (Å²) in [5.41, 5.74) is 9.81. The van der Waals surface area contributed by atoms with Crippen molar-refractivity contribution < 1.29 is 27.6 Å². The Labute approximate surface area is 78.5 Å². The van der Waals surface area contributed by atoms with Crippen LogP contribution in [0.1, 0.15) is 12.8 Å². The molecule has 0 aromatic heterocycles. The molecule has 1 atom stereocenters. The smallest absolute Gasteiger partial charge is 0.480 e. The number of nitrogens with two attached hydrogens (primary N) is 2. The van der Waals surface area contributed by atoms with Gasteiger partial charge in [0, 0.05) is 6.42 Å². The Morgan fingerprint density at radius 3 is 1.93 bits per heavy atom. The van der Waals surface area contributed by atoms with Gasteiger partial charge in [-0.2, -0.15) is 0 Å². The van der Waals surface area contributed by atoms with Crippen LogP contribution < -0.4 is 11.5 Å². The second-order valence-corrected chi connectivity index (χ2v) is 2.20. The van der Waals surface area contributed by atoms with Crippen LogP contribution in [-0.4, -0.2) is 30.6 Å². The first-order valence-electron chi connectivity index (χ1n) is 3.46. The SMILES string of the molecule is FB(F)F.NC(=O)CCC(N)C(=O)O. The molecule has 0 saturated carbocycles. The van der Waals surface area contributed by atoms with E-state index in [0.717, 1.165) is 0 Å². The van der Waals surface area contributed by atoms with Crippen LogP contribution in [0.25, 0.3) is 0 Å². The molecule has 0 fully saturated rings. The van der Waals surface area contributed by atoms with Crippen LogP contribution in [0.2, 0.25) is 0 Å². The van der Waals surface area contributed by atoms with Gasteiger partial charge >= 0.3 is 13.5 Å². The van der Waals surface area contributed by atoms with Gasteiger partial charge in [0.25, 0.3) is 0 Å². The Hall–Kier alpha value is -1.25. The molecule has 1 amide bonds. The Morgan fingerprint density at radius 1 is 1.36 bits per heavy atom. The van der Waals surface area contributed by atoms with Crippen LogP contribution in [0, 0.1) is 0 Å². The molecule has 0 aromatic rings. The van der Waals surface area contributed by atoms with Gasteiger partial charge in [-0.1, -0.05) is 0 Å². The standard InChI is InChI=1S/C5H10N2O3.BF3/c6-3(5(9)10)1-2-4(7)8;2-1(3)4/h3H,1-2,6H2,(H2,7,8)(H,9,10);. The van der Waals surface area contributed by atoms with Crippen molar-refractivity contribution in [1.29, 1.82) is 0 Å². The third-order valence-electron chi connectivity index (χ3n) is 1.02. The molecule has 0 heterocycles. The summed E-state index contributed by atoms with van der Waals surface area (Å²) in [6.45, 7) is 0. The van der Waals surface area contributed by atoms with Crippen molar-refractivity contribution in [2.45, 2.75) is 18.9 Å². The highest BCUT2D eigenvalue weighted by Gasteiger charge is 2.11. The summed E-state index contributed by atoms with van der Waals surface area (Å²) in [6, 6.07) is -0.979. The number of carboxylic acids is 1. The van der Waals surface area contributed by atoms with Crippen molar-refractivity contribution >= 4 is 19.4 Å². The van der Waals surface area contributed by atoms with E-state index in [9.17, 15) is 22.5 Å². The molecule has 5 nitrogen and oxygen atoms in total. The molecule has 0 aliphatic heterocycles. The second kappa shape index (κ2) is 8.36. The molecule has 0 rings (SSSR count). The Balaban J connectivity index is 0. The number of hydrogen-bond donors (Lipinski definition) is 3. The highest BCUT2D eigenvalue weighted by atomic mass is 19.4. The summed E-state index contributed by atoms with van der Waals surface area (Å²) in [7, 11) is -3.67. The molecule has 0 spiro atoms. The lowest BCUT2D eigenvalue weighted by Gasteiger charge is -2.01. The number of halogens is 3. The molecule has 0 bridgehead atoms. The van der Waals surface area contributed by atoms with E-state index in [4.69, 9.17) is 16.6 Å². The molecule has 14 heavy (non-hydrogen) atoms. The molecular formula is C5H10BF3N2O3. The maximum absolute atomic E-state index is 10.1. The van der Waals surface area contributed by atoms with Gasteiger partial charge in [-0.05, 0) is 6.42 Å². The number of primary amides is 1. The first-order chi connectivity index (χ1) is 6.27. The first kappa shape index (κ1) is 15.2. The Kier molecular flexibility index (Phi) is 9.10. The number of amides is 1. The van der Waals surface area contributed by atoms with Crippen LogP contribution in [0.4, 0.5) is 12.9 Å². The molecule has 9 heteroatoms. The molecular weight excluding hydrogens is 204 g/mol. The second-order valence-electron chi connectivity index (χ2n) is 2.20. The van der Waals surface area contributed by atoms with E-state index in [1.54, 1.807) is 0 Å². The molecule has 0 aromatic carbocycles. The van der Waals surface area contributed by atoms with Gasteiger partial charge in [-0.25, -0.2) is 0 Å². The first-order valence-corrected chi connectivity index (χ1v) is 3.46.